The van der Waals surface area contributed by atoms with Gasteiger partial charge in [-0.2, -0.15) is 0 Å². The first-order valence-corrected chi connectivity index (χ1v) is 7.50. The Morgan fingerprint density at radius 1 is 1.43 bits per heavy atom. The molecule has 0 unspecified atom stereocenters. The molecule has 0 aliphatic carbocycles. The van der Waals surface area contributed by atoms with Crippen molar-refractivity contribution in [1.82, 2.24) is 19.8 Å². The van der Waals surface area contributed by atoms with Crippen LogP contribution in [0.25, 0.3) is 11.4 Å². The average Bonchev–Trinajstić information content (AvgIpc) is 2.79. The van der Waals surface area contributed by atoms with Crippen LogP contribution in [-0.2, 0) is 4.79 Å². The third-order valence-corrected chi connectivity index (χ3v) is 4.10. The lowest BCUT2D eigenvalue weighted by Gasteiger charge is -2.15. The van der Waals surface area contributed by atoms with Crippen LogP contribution in [0.2, 0.25) is 5.02 Å². The van der Waals surface area contributed by atoms with Gasteiger partial charge in [-0.25, -0.2) is 4.68 Å². The number of aromatic nitrogens is 3. The molecule has 0 radical (unpaired) electrons. The summed E-state index contributed by atoms with van der Waals surface area (Å²) < 4.78 is 1.37. The summed E-state index contributed by atoms with van der Waals surface area (Å²) in [5, 5.41) is 8.89. The molecule has 0 aliphatic heterocycles. The molecule has 0 fully saturated rings. The lowest BCUT2D eigenvalue weighted by molar-refractivity contribution is -0.127. The average molecular weight is 326 g/mol. The second-order valence-corrected chi connectivity index (χ2v) is 6.42. The predicted molar refractivity (Wildman–Crippen MR) is 84.6 cm³/mol. The Morgan fingerprint density at radius 3 is 2.76 bits per heavy atom. The van der Waals surface area contributed by atoms with Gasteiger partial charge in [-0.05, 0) is 19.1 Å². The van der Waals surface area contributed by atoms with Gasteiger partial charge in [0.15, 0.2) is 5.82 Å². The van der Waals surface area contributed by atoms with Crippen molar-refractivity contribution in [3.05, 3.63) is 29.3 Å². The van der Waals surface area contributed by atoms with E-state index in [9.17, 15) is 4.79 Å². The Hall–Kier alpha value is -1.73. The van der Waals surface area contributed by atoms with Gasteiger partial charge < -0.3 is 10.7 Å². The minimum atomic E-state index is -0.293. The van der Waals surface area contributed by atoms with Gasteiger partial charge in [0, 0.05) is 24.7 Å². The number of carbonyl (C=O) groups excluding carboxylic acids is 1. The van der Waals surface area contributed by atoms with Crippen molar-refractivity contribution >= 4 is 29.3 Å². The molecule has 0 spiro atoms. The Morgan fingerprint density at radius 2 is 2.14 bits per heavy atom. The molecular weight excluding hydrogens is 310 g/mol. The van der Waals surface area contributed by atoms with Gasteiger partial charge in [-0.15, -0.1) is 10.2 Å². The molecule has 8 heteroatoms. The lowest BCUT2D eigenvalue weighted by atomic mass is 10.2. The molecular formula is C13H16ClN5OS. The van der Waals surface area contributed by atoms with Crippen LogP contribution in [0, 0.1) is 0 Å². The van der Waals surface area contributed by atoms with Gasteiger partial charge in [0.2, 0.25) is 11.1 Å². The van der Waals surface area contributed by atoms with E-state index in [0.29, 0.717) is 16.0 Å². The minimum absolute atomic E-state index is 0.00712. The zero-order chi connectivity index (χ0) is 15.6. The fraction of sp³-hybridized carbons (Fsp3) is 0.308. The first kappa shape index (κ1) is 15.7. The van der Waals surface area contributed by atoms with Gasteiger partial charge in [-0.3, -0.25) is 4.79 Å². The Kier molecular flexibility index (Phi) is 4.74. The topological polar surface area (TPSA) is 77.0 Å². The molecule has 0 saturated carbocycles. The Balaban J connectivity index is 2.23. The van der Waals surface area contributed by atoms with E-state index in [1.807, 2.05) is 12.1 Å². The normalized spacial score (nSPS) is 12.2. The van der Waals surface area contributed by atoms with E-state index in [2.05, 4.69) is 10.2 Å². The zero-order valence-corrected chi connectivity index (χ0v) is 13.5. The summed E-state index contributed by atoms with van der Waals surface area (Å²) in [4.78, 5) is 13.4. The quantitative estimate of drug-likeness (QED) is 0.686. The molecule has 2 rings (SSSR count). The highest BCUT2D eigenvalue weighted by Gasteiger charge is 2.21. The summed E-state index contributed by atoms with van der Waals surface area (Å²) in [7, 11) is 3.42. The van der Waals surface area contributed by atoms with Crippen molar-refractivity contribution < 1.29 is 4.79 Å². The fourth-order valence-corrected chi connectivity index (χ4v) is 2.86. The summed E-state index contributed by atoms with van der Waals surface area (Å²) in [6, 6.07) is 7.20. The number of benzene rings is 1. The van der Waals surface area contributed by atoms with Crippen LogP contribution >= 0.6 is 23.4 Å². The fourth-order valence-electron chi connectivity index (χ4n) is 1.75. The monoisotopic (exact) mass is 325 g/mol. The number of nitrogens with zero attached hydrogens (tertiary/aromatic N) is 4. The molecule has 1 amide bonds. The van der Waals surface area contributed by atoms with Gasteiger partial charge in [0.1, 0.15) is 0 Å². The first-order chi connectivity index (χ1) is 9.90. The largest absolute Gasteiger partial charge is 0.348 e. The third-order valence-electron chi connectivity index (χ3n) is 2.82. The number of rotatable bonds is 4. The molecule has 1 aromatic heterocycles. The van der Waals surface area contributed by atoms with E-state index in [1.54, 1.807) is 33.2 Å². The maximum atomic E-state index is 11.9. The second-order valence-electron chi connectivity index (χ2n) is 4.68. The van der Waals surface area contributed by atoms with Crippen molar-refractivity contribution in [2.24, 2.45) is 0 Å². The number of carbonyl (C=O) groups is 1. The summed E-state index contributed by atoms with van der Waals surface area (Å²) in [5.74, 6) is 6.51. The van der Waals surface area contributed by atoms with Crippen LogP contribution in [-0.4, -0.2) is 45.0 Å². The molecule has 2 aromatic rings. The Labute approximate surface area is 132 Å². The number of hydrogen-bond acceptors (Lipinski definition) is 5. The maximum absolute atomic E-state index is 11.9. The molecule has 0 aliphatic rings. The first-order valence-electron chi connectivity index (χ1n) is 6.24. The zero-order valence-electron chi connectivity index (χ0n) is 11.9. The van der Waals surface area contributed by atoms with E-state index in [-0.39, 0.29) is 11.2 Å². The summed E-state index contributed by atoms with van der Waals surface area (Å²) in [5.41, 5.74) is 0.774. The molecule has 1 heterocycles. The van der Waals surface area contributed by atoms with Crippen molar-refractivity contribution in [2.45, 2.75) is 17.3 Å². The Bertz CT molecular complexity index is 658. The third kappa shape index (κ3) is 3.48. The molecule has 0 bridgehead atoms. The molecule has 0 saturated heterocycles. The maximum Gasteiger partial charge on any atom is 0.235 e. The van der Waals surface area contributed by atoms with Gasteiger partial charge in [0.05, 0.1) is 5.25 Å². The van der Waals surface area contributed by atoms with Crippen molar-refractivity contribution in [2.75, 3.05) is 19.9 Å². The van der Waals surface area contributed by atoms with Crippen molar-refractivity contribution in [1.29, 1.82) is 0 Å². The summed E-state index contributed by atoms with van der Waals surface area (Å²) in [6.45, 7) is 1.81. The van der Waals surface area contributed by atoms with Gasteiger partial charge >= 0.3 is 0 Å². The van der Waals surface area contributed by atoms with Crippen molar-refractivity contribution in [3.63, 3.8) is 0 Å². The van der Waals surface area contributed by atoms with E-state index in [1.165, 1.54) is 21.3 Å². The van der Waals surface area contributed by atoms with Gasteiger partial charge in [-0.1, -0.05) is 35.5 Å². The molecule has 112 valence electrons. The summed E-state index contributed by atoms with van der Waals surface area (Å²) in [6.07, 6.45) is 0. The minimum Gasteiger partial charge on any atom is -0.348 e. The van der Waals surface area contributed by atoms with E-state index >= 15 is 0 Å². The van der Waals surface area contributed by atoms with Crippen LogP contribution < -0.4 is 5.84 Å². The number of halogens is 1. The van der Waals surface area contributed by atoms with Crippen LogP contribution in [0.4, 0.5) is 0 Å². The standard InChI is InChI=1S/C13H16ClN5OS/c1-8(12(20)18(2)3)21-13-17-16-11(19(13)15)9-5-4-6-10(14)7-9/h4-8H,15H2,1-3H3/t8-/m1/s1. The highest BCUT2D eigenvalue weighted by atomic mass is 35.5. The second kappa shape index (κ2) is 6.36. The number of thioether (sulfide) groups is 1. The predicted octanol–water partition coefficient (Wildman–Crippen LogP) is 1.88. The van der Waals surface area contributed by atoms with E-state index in [4.69, 9.17) is 17.4 Å². The molecule has 1 atom stereocenters. The number of nitrogen functional groups attached to an aromatic ring is 1. The van der Waals surface area contributed by atoms with Crippen LogP contribution in [0.15, 0.2) is 29.4 Å². The van der Waals surface area contributed by atoms with Crippen LogP contribution in [0.3, 0.4) is 0 Å². The van der Waals surface area contributed by atoms with E-state index < -0.39 is 0 Å². The van der Waals surface area contributed by atoms with Crippen LogP contribution in [0.5, 0.6) is 0 Å². The number of nitrogens with two attached hydrogens (primary N) is 1. The number of amides is 1. The lowest BCUT2D eigenvalue weighted by Crippen LogP contribution is -2.30. The highest BCUT2D eigenvalue weighted by Crippen LogP contribution is 2.26. The van der Waals surface area contributed by atoms with Crippen LogP contribution in [0.1, 0.15) is 6.92 Å². The molecule has 21 heavy (non-hydrogen) atoms. The summed E-state index contributed by atoms with van der Waals surface area (Å²) >= 11 is 7.23. The molecule has 1 aromatic carbocycles. The van der Waals surface area contributed by atoms with Crippen molar-refractivity contribution in [3.8, 4) is 11.4 Å². The SMILES string of the molecule is C[C@@H](Sc1nnc(-c2cccc(Cl)c2)n1N)C(=O)N(C)C. The number of hydrogen-bond donors (Lipinski definition) is 1. The molecule has 2 N–H and O–H groups in total. The van der Waals surface area contributed by atoms with Gasteiger partial charge in [0.25, 0.3) is 0 Å². The van der Waals surface area contributed by atoms with E-state index in [0.717, 1.165) is 5.56 Å². The molecule has 6 nitrogen and oxygen atoms in total. The highest BCUT2D eigenvalue weighted by molar-refractivity contribution is 8.00. The smallest absolute Gasteiger partial charge is 0.235 e.